The van der Waals surface area contributed by atoms with Crippen LogP contribution < -0.4 is 10.3 Å². The van der Waals surface area contributed by atoms with Crippen LogP contribution in [-0.2, 0) is 16.4 Å². The van der Waals surface area contributed by atoms with Crippen molar-refractivity contribution >= 4 is 21.4 Å². The van der Waals surface area contributed by atoms with Gasteiger partial charge < -0.3 is 4.98 Å². The highest BCUT2D eigenvalue weighted by Gasteiger charge is 2.13. The lowest BCUT2D eigenvalue weighted by molar-refractivity contribution is 0.581. The van der Waals surface area contributed by atoms with Crippen molar-refractivity contribution in [2.75, 3.05) is 6.54 Å². The predicted octanol–water partition coefficient (Wildman–Crippen LogP) is 0.352. The maximum atomic E-state index is 11.8. The molecule has 6 nitrogen and oxygen atoms in total. The fraction of sp³-hybridized carbons (Fsp3) is 0.200. The molecule has 18 heavy (non-hydrogen) atoms. The summed E-state index contributed by atoms with van der Waals surface area (Å²) >= 11 is 1.47. The highest BCUT2D eigenvalue weighted by molar-refractivity contribution is 7.89. The molecule has 2 aromatic rings. The molecule has 0 fully saturated rings. The van der Waals surface area contributed by atoms with Gasteiger partial charge in [-0.1, -0.05) is 0 Å². The molecule has 0 saturated heterocycles. The third kappa shape index (κ3) is 3.25. The third-order valence-corrected chi connectivity index (χ3v) is 4.32. The summed E-state index contributed by atoms with van der Waals surface area (Å²) in [7, 11) is -3.57. The zero-order valence-corrected chi connectivity index (χ0v) is 10.9. The van der Waals surface area contributed by atoms with Crippen LogP contribution in [0.5, 0.6) is 0 Å². The summed E-state index contributed by atoms with van der Waals surface area (Å²) in [4.78, 5) is 17.3. The minimum atomic E-state index is -3.57. The van der Waals surface area contributed by atoms with E-state index in [1.807, 2.05) is 5.38 Å². The van der Waals surface area contributed by atoms with Crippen molar-refractivity contribution in [3.05, 3.63) is 45.3 Å². The fourth-order valence-corrected chi connectivity index (χ4v) is 2.91. The Kier molecular flexibility index (Phi) is 3.90. The quantitative estimate of drug-likeness (QED) is 0.829. The van der Waals surface area contributed by atoms with Crippen LogP contribution in [0.25, 0.3) is 0 Å². The average Bonchev–Trinajstić information content (AvgIpc) is 2.82. The predicted molar refractivity (Wildman–Crippen MR) is 68.1 cm³/mol. The molecule has 0 aliphatic heterocycles. The van der Waals surface area contributed by atoms with Crippen LogP contribution in [-0.4, -0.2) is 24.9 Å². The molecule has 0 aliphatic carbocycles. The van der Waals surface area contributed by atoms with E-state index in [4.69, 9.17) is 0 Å². The van der Waals surface area contributed by atoms with Gasteiger partial charge in [0, 0.05) is 30.6 Å². The summed E-state index contributed by atoms with van der Waals surface area (Å²) in [6.07, 6.45) is 1.71. The summed E-state index contributed by atoms with van der Waals surface area (Å²) in [5.74, 6) is 0. The van der Waals surface area contributed by atoms with Gasteiger partial charge in [-0.25, -0.2) is 18.1 Å². The van der Waals surface area contributed by atoms with E-state index in [2.05, 4.69) is 14.7 Å². The van der Waals surface area contributed by atoms with Crippen molar-refractivity contribution in [3.63, 3.8) is 0 Å². The Morgan fingerprint density at radius 2 is 2.22 bits per heavy atom. The Labute approximate surface area is 108 Å². The van der Waals surface area contributed by atoms with E-state index in [1.165, 1.54) is 29.7 Å². The van der Waals surface area contributed by atoms with E-state index < -0.39 is 10.0 Å². The Bertz CT molecular complexity index is 641. The first-order valence-electron chi connectivity index (χ1n) is 5.13. The van der Waals surface area contributed by atoms with Gasteiger partial charge in [-0.15, -0.1) is 11.3 Å². The Balaban J connectivity index is 1.99. The zero-order chi connectivity index (χ0) is 13.0. The van der Waals surface area contributed by atoms with Gasteiger partial charge in [0.25, 0.3) is 0 Å². The minimum absolute atomic E-state index is 0.0420. The summed E-state index contributed by atoms with van der Waals surface area (Å²) in [6, 6.07) is 2.44. The molecule has 0 bridgehead atoms. The lowest BCUT2D eigenvalue weighted by atomic mass is 10.3. The van der Waals surface area contributed by atoms with Crippen LogP contribution in [0, 0.1) is 0 Å². The number of hydrogen-bond acceptors (Lipinski definition) is 5. The second-order valence-corrected chi connectivity index (χ2v) is 6.00. The molecule has 0 unspecified atom stereocenters. The van der Waals surface area contributed by atoms with Crippen LogP contribution in [0.15, 0.2) is 38.9 Å². The number of aromatic nitrogens is 2. The molecule has 0 spiro atoms. The largest absolute Gasteiger partial charge is 0.328 e. The molecule has 8 heteroatoms. The van der Waals surface area contributed by atoms with Gasteiger partial charge >= 0.3 is 0 Å². The summed E-state index contributed by atoms with van der Waals surface area (Å²) in [5, 5.41) is 1.87. The Morgan fingerprint density at radius 1 is 1.39 bits per heavy atom. The SMILES string of the molecule is O=c1ccc(S(=O)(=O)NCCc2cscn2)c[nH]1. The molecular formula is C10H11N3O3S2. The number of rotatable bonds is 5. The van der Waals surface area contributed by atoms with Gasteiger partial charge in [0.05, 0.1) is 16.1 Å². The topological polar surface area (TPSA) is 91.9 Å². The van der Waals surface area contributed by atoms with Crippen LogP contribution in [0.2, 0.25) is 0 Å². The van der Waals surface area contributed by atoms with Gasteiger partial charge in [0.15, 0.2) is 0 Å². The van der Waals surface area contributed by atoms with E-state index in [1.54, 1.807) is 5.51 Å². The summed E-state index contributed by atoms with van der Waals surface area (Å²) in [6.45, 7) is 0.269. The summed E-state index contributed by atoms with van der Waals surface area (Å²) in [5.41, 5.74) is 2.21. The molecule has 0 saturated carbocycles. The number of thiazole rings is 1. The van der Waals surface area contributed by atoms with Gasteiger partial charge in [-0.2, -0.15) is 0 Å². The van der Waals surface area contributed by atoms with Crippen LogP contribution in [0.4, 0.5) is 0 Å². The van der Waals surface area contributed by atoms with Crippen LogP contribution >= 0.6 is 11.3 Å². The van der Waals surface area contributed by atoms with E-state index >= 15 is 0 Å². The monoisotopic (exact) mass is 285 g/mol. The summed E-state index contributed by atoms with van der Waals surface area (Å²) < 4.78 is 26.1. The average molecular weight is 285 g/mol. The van der Waals surface area contributed by atoms with Crippen molar-refractivity contribution in [1.29, 1.82) is 0 Å². The van der Waals surface area contributed by atoms with Crippen molar-refractivity contribution in [2.24, 2.45) is 0 Å². The number of aromatic amines is 1. The van der Waals surface area contributed by atoms with Gasteiger partial charge in [-0.3, -0.25) is 4.79 Å². The molecule has 0 aliphatic rings. The lowest BCUT2D eigenvalue weighted by Gasteiger charge is -2.05. The second-order valence-electron chi connectivity index (χ2n) is 3.52. The van der Waals surface area contributed by atoms with Gasteiger partial charge in [-0.05, 0) is 6.07 Å². The Hall–Kier alpha value is -1.51. The van der Waals surface area contributed by atoms with Crippen LogP contribution in [0.1, 0.15) is 5.69 Å². The standard InChI is InChI=1S/C10H11N3O3S2/c14-10-2-1-9(5-11-10)18(15,16)13-4-3-8-6-17-7-12-8/h1-2,5-7,13H,3-4H2,(H,11,14). The number of nitrogens with zero attached hydrogens (tertiary/aromatic N) is 1. The number of H-pyrrole nitrogens is 1. The first kappa shape index (κ1) is 12.9. The molecular weight excluding hydrogens is 274 g/mol. The molecule has 2 aromatic heterocycles. The number of sulfonamides is 1. The van der Waals surface area contributed by atoms with E-state index in [0.29, 0.717) is 6.42 Å². The van der Waals surface area contributed by atoms with Crippen molar-refractivity contribution < 1.29 is 8.42 Å². The normalized spacial score (nSPS) is 11.6. The lowest BCUT2D eigenvalue weighted by Crippen LogP contribution is -2.26. The van der Waals surface area contributed by atoms with Crippen molar-refractivity contribution in [1.82, 2.24) is 14.7 Å². The van der Waals surface area contributed by atoms with Gasteiger partial charge in [0.2, 0.25) is 15.6 Å². The highest BCUT2D eigenvalue weighted by Crippen LogP contribution is 2.05. The van der Waals surface area contributed by atoms with Crippen molar-refractivity contribution in [2.45, 2.75) is 11.3 Å². The maximum absolute atomic E-state index is 11.8. The number of nitrogens with one attached hydrogen (secondary N) is 2. The molecule has 0 amide bonds. The smallest absolute Gasteiger partial charge is 0.247 e. The number of hydrogen-bond donors (Lipinski definition) is 2. The first-order valence-corrected chi connectivity index (χ1v) is 7.56. The molecule has 2 rings (SSSR count). The highest BCUT2D eigenvalue weighted by atomic mass is 32.2. The Morgan fingerprint density at radius 3 is 2.83 bits per heavy atom. The first-order chi connectivity index (χ1) is 8.58. The fourth-order valence-electron chi connectivity index (χ4n) is 1.32. The van der Waals surface area contributed by atoms with Gasteiger partial charge in [0.1, 0.15) is 0 Å². The molecule has 2 N–H and O–H groups in total. The van der Waals surface area contributed by atoms with Crippen LogP contribution in [0.3, 0.4) is 0 Å². The number of pyridine rings is 1. The molecule has 0 aromatic carbocycles. The molecule has 0 radical (unpaired) electrons. The molecule has 2 heterocycles. The van der Waals surface area contributed by atoms with Crippen molar-refractivity contribution in [3.8, 4) is 0 Å². The molecule has 96 valence electrons. The van der Waals surface area contributed by atoms with E-state index in [0.717, 1.165) is 5.69 Å². The third-order valence-electron chi connectivity index (χ3n) is 2.22. The maximum Gasteiger partial charge on any atom is 0.247 e. The zero-order valence-electron chi connectivity index (χ0n) is 9.29. The second kappa shape index (κ2) is 5.42. The minimum Gasteiger partial charge on any atom is -0.328 e. The van der Waals surface area contributed by atoms with E-state index in [-0.39, 0.29) is 17.0 Å². The molecule has 0 atom stereocenters. The van der Waals surface area contributed by atoms with E-state index in [9.17, 15) is 13.2 Å².